The number of hydrogen-bond donors (Lipinski definition) is 3. The second kappa shape index (κ2) is 6.53. The lowest BCUT2D eigenvalue weighted by Crippen LogP contribution is -2.14. The Balaban J connectivity index is 2.13. The first-order valence-corrected chi connectivity index (χ1v) is 5.83. The maximum absolute atomic E-state index is 11.8. The first kappa shape index (κ1) is 13.8. The highest BCUT2D eigenvalue weighted by atomic mass is 16.5. The summed E-state index contributed by atoms with van der Waals surface area (Å²) < 4.78 is 10.5. The van der Waals surface area contributed by atoms with Crippen LogP contribution in [-0.2, 0) is 0 Å². The molecule has 106 valence electrons. The highest BCUT2D eigenvalue weighted by Crippen LogP contribution is 2.30. The number of hydrogen-bond acceptors (Lipinski definition) is 6. The van der Waals surface area contributed by atoms with E-state index >= 15 is 0 Å². The molecule has 0 bridgehead atoms. The Hall–Kier alpha value is -2.61. The number of amides is 1. The summed E-state index contributed by atoms with van der Waals surface area (Å²) in [5.74, 6) is 0.632. The van der Waals surface area contributed by atoms with E-state index in [0.29, 0.717) is 17.2 Å². The zero-order chi connectivity index (χ0) is 14.4. The van der Waals surface area contributed by atoms with E-state index < -0.39 is 5.91 Å². The fourth-order valence-corrected chi connectivity index (χ4v) is 1.53. The van der Waals surface area contributed by atoms with Crippen molar-refractivity contribution in [3.8, 4) is 11.5 Å². The van der Waals surface area contributed by atoms with Crippen LogP contribution >= 0.6 is 0 Å². The van der Waals surface area contributed by atoms with Gasteiger partial charge in [-0.15, -0.1) is 0 Å². The van der Waals surface area contributed by atoms with Gasteiger partial charge in [-0.05, 0) is 12.1 Å². The molecule has 1 aromatic carbocycles. The highest BCUT2D eigenvalue weighted by Gasteiger charge is 2.11. The van der Waals surface area contributed by atoms with Crippen LogP contribution in [0.5, 0.6) is 11.5 Å². The SMILES string of the molecule is COc1ccc(NC(=O)c2ncn[nH]2)cc1OCCO. The van der Waals surface area contributed by atoms with Crippen LogP contribution in [-0.4, -0.2) is 46.5 Å². The molecule has 1 aromatic heterocycles. The standard InChI is InChI=1S/C12H14N4O4/c1-19-9-3-2-8(6-10(9)20-5-4-17)15-12(18)11-13-7-14-16-11/h2-3,6-7,17H,4-5H2,1H3,(H,15,18)(H,13,14,16). The van der Waals surface area contributed by atoms with E-state index in [1.54, 1.807) is 18.2 Å². The average molecular weight is 278 g/mol. The monoisotopic (exact) mass is 278 g/mol. The summed E-state index contributed by atoms with van der Waals surface area (Å²) >= 11 is 0. The van der Waals surface area contributed by atoms with Crippen molar-refractivity contribution in [2.24, 2.45) is 0 Å². The summed E-state index contributed by atoms with van der Waals surface area (Å²) in [7, 11) is 1.51. The Labute approximate surface area is 114 Å². The van der Waals surface area contributed by atoms with Gasteiger partial charge in [0.15, 0.2) is 11.5 Å². The van der Waals surface area contributed by atoms with Gasteiger partial charge < -0.3 is 19.9 Å². The fraction of sp³-hybridized carbons (Fsp3) is 0.250. The van der Waals surface area contributed by atoms with E-state index in [4.69, 9.17) is 14.6 Å². The molecule has 1 amide bonds. The lowest BCUT2D eigenvalue weighted by Gasteiger charge is -2.11. The number of H-pyrrole nitrogens is 1. The van der Waals surface area contributed by atoms with Gasteiger partial charge in [0.05, 0.1) is 13.7 Å². The number of aromatic nitrogens is 3. The third-order valence-electron chi connectivity index (χ3n) is 2.40. The third-order valence-corrected chi connectivity index (χ3v) is 2.40. The zero-order valence-corrected chi connectivity index (χ0v) is 10.8. The van der Waals surface area contributed by atoms with Gasteiger partial charge in [-0.25, -0.2) is 4.98 Å². The lowest BCUT2D eigenvalue weighted by atomic mass is 10.2. The van der Waals surface area contributed by atoms with Crippen molar-refractivity contribution in [1.82, 2.24) is 15.2 Å². The highest BCUT2D eigenvalue weighted by molar-refractivity contribution is 6.01. The van der Waals surface area contributed by atoms with Crippen molar-refractivity contribution in [2.75, 3.05) is 25.6 Å². The van der Waals surface area contributed by atoms with Crippen molar-refractivity contribution >= 4 is 11.6 Å². The quantitative estimate of drug-likeness (QED) is 0.707. The van der Waals surface area contributed by atoms with Crippen molar-refractivity contribution in [2.45, 2.75) is 0 Å². The number of ether oxygens (including phenoxy) is 2. The molecule has 0 spiro atoms. The molecule has 8 heteroatoms. The van der Waals surface area contributed by atoms with Crippen LogP contribution in [0.2, 0.25) is 0 Å². The van der Waals surface area contributed by atoms with Crippen molar-refractivity contribution in [3.63, 3.8) is 0 Å². The molecule has 0 saturated carbocycles. The van der Waals surface area contributed by atoms with Gasteiger partial charge in [-0.2, -0.15) is 5.10 Å². The predicted molar refractivity (Wildman–Crippen MR) is 69.9 cm³/mol. The van der Waals surface area contributed by atoms with E-state index in [2.05, 4.69) is 20.5 Å². The molecule has 2 aromatic rings. The van der Waals surface area contributed by atoms with Crippen LogP contribution in [0.3, 0.4) is 0 Å². The van der Waals surface area contributed by atoms with Crippen LogP contribution in [0.4, 0.5) is 5.69 Å². The topological polar surface area (TPSA) is 109 Å². The summed E-state index contributed by atoms with van der Waals surface area (Å²) in [6.45, 7) is 0.0215. The molecule has 0 aliphatic rings. The minimum atomic E-state index is -0.416. The zero-order valence-electron chi connectivity index (χ0n) is 10.8. The van der Waals surface area contributed by atoms with E-state index in [1.165, 1.54) is 13.4 Å². The summed E-state index contributed by atoms with van der Waals surface area (Å²) in [4.78, 5) is 15.5. The minimum absolute atomic E-state index is 0.110. The number of anilines is 1. The van der Waals surface area contributed by atoms with Gasteiger partial charge in [0.1, 0.15) is 12.9 Å². The van der Waals surface area contributed by atoms with Crippen molar-refractivity contribution in [3.05, 3.63) is 30.4 Å². The van der Waals surface area contributed by atoms with E-state index in [1.807, 2.05) is 0 Å². The number of rotatable bonds is 6. The van der Waals surface area contributed by atoms with E-state index in [0.717, 1.165) is 0 Å². The molecule has 0 atom stereocenters. The van der Waals surface area contributed by atoms with Crippen molar-refractivity contribution < 1.29 is 19.4 Å². The van der Waals surface area contributed by atoms with Gasteiger partial charge in [0.25, 0.3) is 5.91 Å². The molecule has 0 radical (unpaired) electrons. The van der Waals surface area contributed by atoms with Gasteiger partial charge in [0, 0.05) is 11.8 Å². The van der Waals surface area contributed by atoms with Crippen LogP contribution in [0.1, 0.15) is 10.6 Å². The molecular formula is C12H14N4O4. The van der Waals surface area contributed by atoms with Crippen LogP contribution < -0.4 is 14.8 Å². The maximum atomic E-state index is 11.8. The molecule has 20 heavy (non-hydrogen) atoms. The van der Waals surface area contributed by atoms with Gasteiger partial charge in [-0.1, -0.05) is 0 Å². The number of carbonyl (C=O) groups excluding carboxylic acids is 1. The molecule has 0 aliphatic heterocycles. The third kappa shape index (κ3) is 3.23. The van der Waals surface area contributed by atoms with Gasteiger partial charge in [-0.3, -0.25) is 9.89 Å². The largest absolute Gasteiger partial charge is 0.493 e. The number of nitrogens with one attached hydrogen (secondary N) is 2. The fourth-order valence-electron chi connectivity index (χ4n) is 1.53. The summed E-state index contributed by atoms with van der Waals surface area (Å²) in [5.41, 5.74) is 0.514. The van der Waals surface area contributed by atoms with E-state index in [-0.39, 0.29) is 19.0 Å². The molecule has 1 heterocycles. The van der Waals surface area contributed by atoms with Gasteiger partial charge in [0.2, 0.25) is 5.82 Å². The molecule has 2 rings (SSSR count). The predicted octanol–water partition coefficient (Wildman–Crippen LogP) is 0.437. The number of aromatic amines is 1. The summed E-state index contributed by atoms with van der Waals surface area (Å²) in [6, 6.07) is 4.92. The number of benzene rings is 1. The number of nitrogens with zero attached hydrogens (tertiary/aromatic N) is 2. The molecule has 8 nitrogen and oxygen atoms in total. The smallest absolute Gasteiger partial charge is 0.292 e. The van der Waals surface area contributed by atoms with Crippen molar-refractivity contribution in [1.29, 1.82) is 0 Å². The second-order valence-corrected chi connectivity index (χ2v) is 3.73. The van der Waals surface area contributed by atoms with Crippen LogP contribution in [0, 0.1) is 0 Å². The first-order chi connectivity index (χ1) is 9.74. The Morgan fingerprint density at radius 1 is 1.45 bits per heavy atom. The molecule has 0 aliphatic carbocycles. The van der Waals surface area contributed by atoms with E-state index in [9.17, 15) is 4.79 Å². The number of carbonyl (C=O) groups is 1. The van der Waals surface area contributed by atoms with Crippen LogP contribution in [0.25, 0.3) is 0 Å². The Kier molecular flexibility index (Phi) is 4.51. The number of aliphatic hydroxyl groups excluding tert-OH is 1. The molecular weight excluding hydrogens is 264 g/mol. The lowest BCUT2D eigenvalue weighted by molar-refractivity contribution is 0.101. The summed E-state index contributed by atoms with van der Waals surface area (Å²) in [5, 5.41) is 17.5. The Morgan fingerprint density at radius 3 is 2.95 bits per heavy atom. The number of methoxy groups -OCH3 is 1. The minimum Gasteiger partial charge on any atom is -0.493 e. The van der Waals surface area contributed by atoms with Crippen LogP contribution in [0.15, 0.2) is 24.5 Å². The second-order valence-electron chi connectivity index (χ2n) is 3.73. The maximum Gasteiger partial charge on any atom is 0.292 e. The summed E-state index contributed by atoms with van der Waals surface area (Å²) in [6.07, 6.45) is 1.25. The Morgan fingerprint density at radius 2 is 2.30 bits per heavy atom. The average Bonchev–Trinajstić information content (AvgIpc) is 2.99. The van der Waals surface area contributed by atoms with Gasteiger partial charge >= 0.3 is 0 Å². The molecule has 0 saturated heterocycles. The molecule has 0 unspecified atom stereocenters. The Bertz CT molecular complexity index is 571. The number of aliphatic hydroxyl groups is 1. The molecule has 3 N–H and O–H groups in total. The normalized spacial score (nSPS) is 10.1. The molecule has 0 fully saturated rings. The first-order valence-electron chi connectivity index (χ1n) is 5.83.